The Kier molecular flexibility index (Phi) is 17.6. The monoisotopic (exact) mass is 1810 g/mol. The first-order valence-electron chi connectivity index (χ1n) is 50.4. The molecular weight excluding hydrogens is 1700 g/mol. The van der Waals surface area contributed by atoms with Crippen molar-refractivity contribution in [3.8, 4) is 39.1 Å². The van der Waals surface area contributed by atoms with Crippen LogP contribution in [0.25, 0.3) is 192 Å². The molecule has 0 N–H and O–H groups in total. The van der Waals surface area contributed by atoms with Crippen LogP contribution < -0.4 is 9.80 Å². The average Bonchev–Trinajstić information content (AvgIpc) is 1.51. The van der Waals surface area contributed by atoms with E-state index in [4.69, 9.17) is 4.42 Å². The molecule has 25 aromatic rings. The van der Waals surface area contributed by atoms with Crippen LogP contribution in [0.2, 0.25) is 0 Å². The lowest BCUT2D eigenvalue weighted by Crippen LogP contribution is -2.20. The van der Waals surface area contributed by atoms with Gasteiger partial charge in [-0.1, -0.05) is 305 Å². The molecule has 0 saturated heterocycles. The Morgan fingerprint density at radius 2 is 0.764 bits per heavy atom. The summed E-state index contributed by atoms with van der Waals surface area (Å²) in [6, 6.07) is 126. The van der Waals surface area contributed by atoms with Gasteiger partial charge in [-0.05, 0) is 271 Å². The molecule has 0 radical (unpaired) electrons. The topological polar surface area (TPSA) is 37.8 Å². The molecule has 8 aromatic heterocycles. The number of furan rings is 1. The van der Waals surface area contributed by atoms with Crippen molar-refractivity contribution < 1.29 is 4.42 Å². The van der Waals surface area contributed by atoms with E-state index in [0.29, 0.717) is 0 Å². The first-order chi connectivity index (χ1) is 67.2. The fraction of sp³-hybridized carbons (Fsp3) is 0.203. The number of nitrogens with zero attached hydrogens (tertiary/aromatic N) is 6. The number of anilines is 6. The minimum absolute atomic E-state index is 0.00110. The maximum absolute atomic E-state index is 7.82. The Bertz CT molecular complexity index is 9600. The van der Waals surface area contributed by atoms with Crippen LogP contribution in [0.3, 0.4) is 0 Å². The lowest BCUT2D eigenvalue weighted by Gasteiger charge is -2.30. The number of aromatic nitrogens is 4. The summed E-state index contributed by atoms with van der Waals surface area (Å²) in [4.78, 5) is 4.98. The van der Waals surface area contributed by atoms with Crippen molar-refractivity contribution in [3.05, 3.63) is 389 Å². The summed E-state index contributed by atoms with van der Waals surface area (Å²) in [7, 11) is 0. The van der Waals surface area contributed by atoms with Crippen LogP contribution >= 0.6 is 0 Å². The molecule has 0 amide bonds. The quantitative estimate of drug-likeness (QED) is 0.122. The Morgan fingerprint density at radius 3 is 1.34 bits per heavy atom. The molecule has 27 rings (SSSR count). The van der Waals surface area contributed by atoms with Gasteiger partial charge >= 0.3 is 0 Å². The van der Waals surface area contributed by atoms with E-state index < -0.39 is 0 Å². The molecule has 0 fully saturated rings. The molecule has 0 spiro atoms. The number of benzene rings is 17. The smallest absolute Gasteiger partial charge is 0.159 e. The largest absolute Gasteiger partial charge is 0.453 e. The highest BCUT2D eigenvalue weighted by Gasteiger charge is 2.42. The van der Waals surface area contributed by atoms with E-state index >= 15 is 0 Å². The zero-order valence-electron chi connectivity index (χ0n) is 83.3. The molecule has 1 atom stereocenters. The summed E-state index contributed by atoms with van der Waals surface area (Å²) in [6.07, 6.45) is 4.34. The molecule has 1 aliphatic heterocycles. The van der Waals surface area contributed by atoms with Crippen LogP contribution in [0.5, 0.6) is 0 Å². The Balaban J connectivity index is 0.615. The molecular formula is C133H114N6O. The van der Waals surface area contributed by atoms with Crippen LogP contribution in [0.4, 0.5) is 34.1 Å². The van der Waals surface area contributed by atoms with Gasteiger partial charge in [0.1, 0.15) is 5.58 Å². The molecule has 1 unspecified atom stereocenters. The minimum Gasteiger partial charge on any atom is -0.453 e. The highest BCUT2D eigenvalue weighted by molar-refractivity contribution is 6.31. The molecule has 9 heterocycles. The number of hydrogen-bond acceptors (Lipinski definition) is 3. The molecule has 17 aromatic carbocycles. The van der Waals surface area contributed by atoms with Crippen LogP contribution in [0.1, 0.15) is 186 Å². The van der Waals surface area contributed by atoms with Crippen molar-refractivity contribution in [1.82, 2.24) is 17.8 Å². The predicted octanol–water partition coefficient (Wildman–Crippen LogP) is 37.2. The van der Waals surface area contributed by atoms with E-state index in [2.05, 4.69) is 486 Å². The average molecular weight is 1810 g/mol. The van der Waals surface area contributed by atoms with Gasteiger partial charge in [-0.15, -0.1) is 0 Å². The maximum Gasteiger partial charge on any atom is 0.159 e. The van der Waals surface area contributed by atoms with Crippen LogP contribution in [0, 0.1) is 12.3 Å². The number of aryl methyl sites for hydroxylation is 1. The molecule has 7 nitrogen and oxygen atoms in total. The van der Waals surface area contributed by atoms with Crippen LogP contribution in [-0.2, 0) is 33.5 Å². The summed E-state index contributed by atoms with van der Waals surface area (Å²) < 4.78 is 18.4. The van der Waals surface area contributed by atoms with Gasteiger partial charge in [0, 0.05) is 132 Å². The molecule has 0 saturated carbocycles. The van der Waals surface area contributed by atoms with Gasteiger partial charge in [-0.3, -0.25) is 0 Å². The van der Waals surface area contributed by atoms with Gasteiger partial charge in [0.2, 0.25) is 0 Å². The highest BCUT2D eigenvalue weighted by atomic mass is 16.3. The normalized spacial score (nSPS) is 14.2. The number of para-hydroxylation sites is 3. The van der Waals surface area contributed by atoms with Crippen molar-refractivity contribution in [2.45, 2.75) is 170 Å². The van der Waals surface area contributed by atoms with Gasteiger partial charge in [0.25, 0.3) is 0 Å². The third-order valence-corrected chi connectivity index (χ3v) is 32.3. The molecule has 140 heavy (non-hydrogen) atoms. The summed E-state index contributed by atoms with van der Waals surface area (Å²) >= 11 is 0. The van der Waals surface area contributed by atoms with Gasteiger partial charge in [-0.2, -0.15) is 0 Å². The Hall–Kier alpha value is -15.2. The van der Waals surface area contributed by atoms with Gasteiger partial charge in [-0.25, -0.2) is 0 Å². The molecule has 2 aliphatic rings. The van der Waals surface area contributed by atoms with Crippen LogP contribution in [0.15, 0.2) is 338 Å². The number of hydrogen-bond donors (Lipinski definition) is 0. The van der Waals surface area contributed by atoms with Crippen molar-refractivity contribution in [1.29, 1.82) is 0 Å². The maximum atomic E-state index is 7.82. The van der Waals surface area contributed by atoms with E-state index in [-0.39, 0.29) is 38.4 Å². The standard InChI is InChI=1S/C133H114N6O/c1-76-46-47-81(78-34-23-19-24-35-78)58-115(76)135(90-51-53-93-103-62-85(130(8,9)10)66-107-101-71-118-98(74-121(101)139(123(103)107)117(93)70-90)108-67-86(131(11,12)13)63-104-96-59-82(128(2,3)4)48-54-112(96)136(118)124(104)108)114-45-33-43-94-110-57-77(56-95(126(110)140-127(94)114)80-38-27-21-28-39-80)75-133(17,18)83-49-55-113-97(60-83)105-64-87(132(14,15)16)68-109-99-73-120-100(72-119(99)137(113)125(105)109)106-65-84(129(5,6)7)61-102-92-52-50-89(69-116(92)138(120)122(102)106)134(88-40-29-22-30-41-88)111-44-32-31-42-91(111)79-36-25-20-26-37-79/h19-60,62-74,102H,61,75H2,1-18H3. The summed E-state index contributed by atoms with van der Waals surface area (Å²) in [6.45, 7) is 42.8. The second-order valence-electron chi connectivity index (χ2n) is 46.7. The van der Waals surface area contributed by atoms with E-state index in [0.717, 1.165) is 102 Å². The summed E-state index contributed by atoms with van der Waals surface area (Å²) in [5.41, 5.74) is 42.7. The highest BCUT2D eigenvalue weighted by Crippen LogP contribution is 2.59. The second-order valence-corrected chi connectivity index (χ2v) is 46.7. The predicted molar refractivity (Wildman–Crippen MR) is 597 cm³/mol. The molecule has 682 valence electrons. The second kappa shape index (κ2) is 29.2. The number of rotatable bonds is 12. The van der Waals surface area contributed by atoms with Crippen molar-refractivity contribution >= 4 is 187 Å². The molecule has 7 heteroatoms. The van der Waals surface area contributed by atoms with E-state index in [1.807, 2.05) is 0 Å². The Labute approximate surface area is 817 Å². The van der Waals surface area contributed by atoms with E-state index in [1.165, 1.54) is 192 Å². The van der Waals surface area contributed by atoms with Crippen LogP contribution in [-0.4, -0.2) is 17.8 Å². The van der Waals surface area contributed by atoms with Crippen molar-refractivity contribution in [2.75, 3.05) is 9.80 Å². The van der Waals surface area contributed by atoms with E-state index in [1.54, 1.807) is 0 Å². The van der Waals surface area contributed by atoms with Gasteiger partial charge < -0.3 is 32.0 Å². The molecule has 0 bridgehead atoms. The van der Waals surface area contributed by atoms with E-state index in [9.17, 15) is 0 Å². The van der Waals surface area contributed by atoms with Crippen molar-refractivity contribution in [2.24, 2.45) is 5.41 Å². The minimum atomic E-state index is -0.339. The Morgan fingerprint density at radius 1 is 0.293 bits per heavy atom. The zero-order chi connectivity index (χ0) is 95.5. The summed E-state index contributed by atoms with van der Waals surface area (Å²) in [5.74, 6) is 0.203. The number of fused-ring (bicyclic) bond motifs is 27. The van der Waals surface area contributed by atoms with Gasteiger partial charge in [0.05, 0.1) is 72.2 Å². The lowest BCUT2D eigenvalue weighted by atomic mass is 9.74. The fourth-order valence-corrected chi connectivity index (χ4v) is 24.8. The van der Waals surface area contributed by atoms with Crippen molar-refractivity contribution in [3.63, 3.8) is 0 Å². The lowest BCUT2D eigenvalue weighted by molar-refractivity contribution is 0.475. The third kappa shape index (κ3) is 12.4. The number of allylic oxidation sites excluding steroid dienone is 1. The van der Waals surface area contributed by atoms with Gasteiger partial charge in [0.15, 0.2) is 5.58 Å². The summed E-state index contributed by atoms with van der Waals surface area (Å²) in [5, 5.41) is 18.9. The molecule has 1 aliphatic carbocycles. The first-order valence-corrected chi connectivity index (χ1v) is 50.4. The first kappa shape index (κ1) is 84.1. The third-order valence-electron chi connectivity index (χ3n) is 32.3. The fourth-order valence-electron chi connectivity index (χ4n) is 24.8. The SMILES string of the molecule is Cc1ccc(-c2ccccc2)cc1N(c1ccc2c3cc(C(C)(C)C)cc4c5cc6c(cc5n(c2c1)c34)c1cc(C(C)(C)C)cc2c3cc(C(C)(C)C)ccc3n6c21)c1cccc2c1oc1c(-c3ccccc3)cc(CC(C)(C)c3ccc4c(c3)c3cc(C(C)(C)C)cc5c6cc7c(cc6n4c35)c3c4n7-c5cc(N(c6ccccc6)c6ccccc6-c6ccccc6)ccc5C4CC(C(C)(C)C)=C3)cc12. The zero-order valence-corrected chi connectivity index (χ0v) is 83.3.